The van der Waals surface area contributed by atoms with Crippen molar-refractivity contribution >= 4 is 40.7 Å². The first-order valence-electron chi connectivity index (χ1n) is 7.74. The van der Waals surface area contributed by atoms with E-state index < -0.39 is 4.92 Å². The third kappa shape index (κ3) is 3.70. The van der Waals surface area contributed by atoms with Crippen LogP contribution in [-0.2, 0) is 4.79 Å². The van der Waals surface area contributed by atoms with E-state index in [1.165, 1.54) is 17.1 Å². The van der Waals surface area contributed by atoms with Crippen molar-refractivity contribution in [1.29, 1.82) is 0 Å². The molecule has 130 valence electrons. The van der Waals surface area contributed by atoms with Gasteiger partial charge in [0.15, 0.2) is 0 Å². The first-order chi connectivity index (χ1) is 12.5. The first-order valence-corrected chi connectivity index (χ1v) is 8.12. The minimum absolute atomic E-state index is 0.0154. The Balaban J connectivity index is 1.81. The second kappa shape index (κ2) is 7.33. The molecule has 2 aromatic rings. The Morgan fingerprint density at radius 3 is 2.69 bits per heavy atom. The van der Waals surface area contributed by atoms with E-state index in [0.29, 0.717) is 27.6 Å². The molecule has 1 aliphatic heterocycles. The lowest BCUT2D eigenvalue weighted by Gasteiger charge is -2.11. The largest absolute Gasteiger partial charge is 0.280 e. The molecule has 0 atom stereocenters. The number of amides is 1. The summed E-state index contributed by atoms with van der Waals surface area (Å²) in [4.78, 5) is 23.0. The number of carbonyl (C=O) groups excluding carboxylic acids is 1. The number of carbonyl (C=O) groups is 1. The maximum absolute atomic E-state index is 12.6. The number of anilines is 1. The zero-order valence-electron chi connectivity index (χ0n) is 13.8. The Bertz CT molecular complexity index is 979. The van der Waals surface area contributed by atoms with Crippen LogP contribution in [0.5, 0.6) is 0 Å². The molecule has 3 rings (SSSR count). The number of hydrogen-bond donors (Lipinski definition) is 0. The van der Waals surface area contributed by atoms with Crippen molar-refractivity contribution in [3.05, 3.63) is 87.0 Å². The standard InChI is InChI=1S/C19H14ClN3O3/c1-13-18(10-3-6-14-5-2-9-17(11-14)23(25)26)19(24)22(21-13)16-8-4-7-15(20)12-16/h2-12H,1H3. The fourth-order valence-corrected chi connectivity index (χ4v) is 2.67. The van der Waals surface area contributed by atoms with Crippen LogP contribution in [0.1, 0.15) is 12.5 Å². The van der Waals surface area contributed by atoms with E-state index in [1.807, 2.05) is 0 Å². The highest BCUT2D eigenvalue weighted by Crippen LogP contribution is 2.26. The van der Waals surface area contributed by atoms with Crippen LogP contribution in [0.25, 0.3) is 6.08 Å². The fourth-order valence-electron chi connectivity index (χ4n) is 2.49. The van der Waals surface area contributed by atoms with Crippen LogP contribution in [-0.4, -0.2) is 16.5 Å². The van der Waals surface area contributed by atoms with E-state index >= 15 is 0 Å². The van der Waals surface area contributed by atoms with Crippen LogP contribution >= 0.6 is 11.6 Å². The quantitative estimate of drug-likeness (QED) is 0.450. The van der Waals surface area contributed by atoms with Crippen molar-refractivity contribution in [3.8, 4) is 0 Å². The van der Waals surface area contributed by atoms with E-state index in [9.17, 15) is 14.9 Å². The van der Waals surface area contributed by atoms with Gasteiger partial charge >= 0.3 is 0 Å². The van der Waals surface area contributed by atoms with Gasteiger partial charge in [-0.3, -0.25) is 14.9 Å². The van der Waals surface area contributed by atoms with Crippen molar-refractivity contribution in [2.75, 3.05) is 5.01 Å². The van der Waals surface area contributed by atoms with Gasteiger partial charge in [0.25, 0.3) is 11.6 Å². The molecular formula is C19H14ClN3O3. The highest BCUT2D eigenvalue weighted by atomic mass is 35.5. The number of nitro groups is 1. The van der Waals surface area contributed by atoms with Gasteiger partial charge in [0.1, 0.15) is 0 Å². The Labute approximate surface area is 154 Å². The molecule has 1 aliphatic rings. The number of nitro benzene ring substituents is 1. The normalized spacial score (nSPS) is 15.8. The average Bonchev–Trinajstić information content (AvgIpc) is 2.90. The molecule has 6 nitrogen and oxygen atoms in total. The summed E-state index contributed by atoms with van der Waals surface area (Å²) in [6.07, 6.45) is 5.01. The summed E-state index contributed by atoms with van der Waals surface area (Å²) in [6, 6.07) is 13.1. The third-order valence-electron chi connectivity index (χ3n) is 3.75. The molecule has 26 heavy (non-hydrogen) atoms. The van der Waals surface area contributed by atoms with E-state index in [1.54, 1.807) is 61.5 Å². The molecule has 0 unspecified atom stereocenters. The lowest BCUT2D eigenvalue weighted by Crippen LogP contribution is -2.21. The average molecular weight is 368 g/mol. The van der Waals surface area contributed by atoms with Crippen molar-refractivity contribution in [2.24, 2.45) is 5.10 Å². The van der Waals surface area contributed by atoms with Crippen LogP contribution in [0, 0.1) is 10.1 Å². The molecule has 0 fully saturated rings. The van der Waals surface area contributed by atoms with Gasteiger partial charge in [-0.25, -0.2) is 0 Å². The highest BCUT2D eigenvalue weighted by molar-refractivity contribution is 6.32. The second-order valence-corrected chi connectivity index (χ2v) is 6.01. The van der Waals surface area contributed by atoms with E-state index in [-0.39, 0.29) is 11.6 Å². The van der Waals surface area contributed by atoms with Crippen LogP contribution in [0.2, 0.25) is 5.02 Å². The van der Waals surface area contributed by atoms with Crippen LogP contribution in [0.3, 0.4) is 0 Å². The van der Waals surface area contributed by atoms with Crippen molar-refractivity contribution in [2.45, 2.75) is 6.92 Å². The smallest absolute Gasteiger partial charge is 0.267 e. The number of halogens is 1. The Morgan fingerprint density at radius 1 is 1.19 bits per heavy atom. The Kier molecular flexibility index (Phi) is 4.95. The lowest BCUT2D eigenvalue weighted by molar-refractivity contribution is -0.384. The first kappa shape index (κ1) is 17.6. The van der Waals surface area contributed by atoms with Crippen molar-refractivity contribution in [1.82, 2.24) is 0 Å². The highest BCUT2D eigenvalue weighted by Gasteiger charge is 2.28. The summed E-state index contributed by atoms with van der Waals surface area (Å²) in [5, 5.41) is 16.9. The van der Waals surface area contributed by atoms with Gasteiger partial charge < -0.3 is 0 Å². The molecule has 0 radical (unpaired) electrons. The van der Waals surface area contributed by atoms with Gasteiger partial charge in [-0.1, -0.05) is 42.0 Å². The topological polar surface area (TPSA) is 75.8 Å². The molecule has 1 heterocycles. The number of allylic oxidation sites excluding steroid dienone is 2. The summed E-state index contributed by atoms with van der Waals surface area (Å²) >= 11 is 5.97. The summed E-state index contributed by atoms with van der Waals surface area (Å²) in [6.45, 7) is 1.75. The predicted molar refractivity (Wildman–Crippen MR) is 102 cm³/mol. The fraction of sp³-hybridized carbons (Fsp3) is 0.0526. The maximum atomic E-state index is 12.6. The molecule has 0 bridgehead atoms. The van der Waals surface area contributed by atoms with Gasteiger partial charge in [0, 0.05) is 17.2 Å². The molecule has 0 aliphatic carbocycles. The van der Waals surface area contributed by atoms with Gasteiger partial charge in [0.05, 0.1) is 21.9 Å². The summed E-state index contributed by atoms with van der Waals surface area (Å²) in [5.41, 5.74) is 2.31. The van der Waals surface area contributed by atoms with Crippen molar-refractivity contribution < 1.29 is 9.72 Å². The zero-order valence-corrected chi connectivity index (χ0v) is 14.6. The van der Waals surface area contributed by atoms with E-state index in [0.717, 1.165) is 0 Å². The molecule has 2 aromatic carbocycles. The van der Waals surface area contributed by atoms with Crippen molar-refractivity contribution in [3.63, 3.8) is 0 Å². The molecular weight excluding hydrogens is 354 g/mol. The van der Waals surface area contributed by atoms with E-state index in [2.05, 4.69) is 5.10 Å². The minimum atomic E-state index is -0.448. The second-order valence-electron chi connectivity index (χ2n) is 5.57. The van der Waals surface area contributed by atoms with Crippen LogP contribution < -0.4 is 5.01 Å². The maximum Gasteiger partial charge on any atom is 0.280 e. The number of nitrogens with zero attached hydrogens (tertiary/aromatic N) is 3. The Morgan fingerprint density at radius 2 is 1.96 bits per heavy atom. The van der Waals surface area contributed by atoms with Gasteiger partial charge in [-0.2, -0.15) is 10.1 Å². The molecule has 0 spiro atoms. The summed E-state index contributed by atoms with van der Waals surface area (Å²) in [5.74, 6) is -0.256. The number of hydrogen-bond acceptors (Lipinski definition) is 4. The molecule has 0 saturated heterocycles. The van der Waals surface area contributed by atoms with Gasteiger partial charge in [-0.15, -0.1) is 0 Å². The predicted octanol–water partition coefficient (Wildman–Crippen LogP) is 4.61. The van der Waals surface area contributed by atoms with E-state index in [4.69, 9.17) is 11.6 Å². The Hall–Kier alpha value is -3.25. The molecule has 0 N–H and O–H groups in total. The zero-order chi connectivity index (χ0) is 18.7. The number of rotatable bonds is 4. The molecule has 0 saturated carbocycles. The lowest BCUT2D eigenvalue weighted by atomic mass is 10.1. The van der Waals surface area contributed by atoms with Crippen LogP contribution in [0.15, 0.2) is 71.4 Å². The summed E-state index contributed by atoms with van der Waals surface area (Å²) in [7, 11) is 0. The SMILES string of the molecule is CC1=NN(c2cccc(Cl)c2)C(=O)C1=CC=Cc1cccc([N+](=O)[O-])c1. The monoisotopic (exact) mass is 367 g/mol. The molecule has 7 heteroatoms. The number of benzene rings is 2. The number of hydrazone groups is 1. The third-order valence-corrected chi connectivity index (χ3v) is 3.98. The van der Waals surface area contributed by atoms with Crippen LogP contribution in [0.4, 0.5) is 11.4 Å². The molecule has 1 amide bonds. The van der Waals surface area contributed by atoms with Gasteiger partial charge in [0.2, 0.25) is 0 Å². The molecule has 0 aromatic heterocycles. The minimum Gasteiger partial charge on any atom is -0.267 e. The number of non-ortho nitro benzene ring substituents is 1. The van der Waals surface area contributed by atoms with Gasteiger partial charge in [-0.05, 0) is 36.8 Å². The summed E-state index contributed by atoms with van der Waals surface area (Å²) < 4.78 is 0.